The summed E-state index contributed by atoms with van der Waals surface area (Å²) in [6.07, 6.45) is 6.58. The van der Waals surface area contributed by atoms with E-state index in [4.69, 9.17) is 9.47 Å². The average Bonchev–Trinajstić information content (AvgIpc) is 2.43. The Bertz CT molecular complexity index is 206. The zero-order chi connectivity index (χ0) is 13.9. The zero-order valence-electron chi connectivity index (χ0n) is 12.6. The van der Waals surface area contributed by atoms with Crippen LogP contribution in [0.2, 0.25) is 0 Å². The molecule has 0 aliphatic heterocycles. The van der Waals surface area contributed by atoms with Gasteiger partial charge in [0, 0.05) is 12.6 Å². The Morgan fingerprint density at radius 3 is 2.53 bits per heavy atom. The Hall–Kier alpha value is -0.160. The Labute approximate surface area is 117 Å². The Morgan fingerprint density at radius 1 is 1.16 bits per heavy atom. The van der Waals surface area contributed by atoms with Gasteiger partial charge in [0.2, 0.25) is 0 Å². The second-order valence-electron chi connectivity index (χ2n) is 5.45. The fraction of sp³-hybridized carbons (Fsp3) is 1.00. The van der Waals surface area contributed by atoms with E-state index in [0.29, 0.717) is 25.4 Å². The molecule has 1 fully saturated rings. The average molecular weight is 273 g/mol. The number of unbranched alkanes of at least 4 members (excludes halogenated alkanes) is 1. The molecule has 1 aliphatic rings. The largest absolute Gasteiger partial charge is 0.388 e. The summed E-state index contributed by atoms with van der Waals surface area (Å²) in [7, 11) is 0. The molecule has 1 rings (SSSR count). The van der Waals surface area contributed by atoms with Gasteiger partial charge in [0.15, 0.2) is 0 Å². The number of aliphatic hydroxyl groups excluding tert-OH is 1. The first-order valence-corrected chi connectivity index (χ1v) is 7.87. The van der Waals surface area contributed by atoms with Crippen molar-refractivity contribution in [3.05, 3.63) is 0 Å². The third kappa shape index (κ3) is 7.88. The van der Waals surface area contributed by atoms with Crippen molar-refractivity contribution < 1.29 is 14.6 Å². The summed E-state index contributed by atoms with van der Waals surface area (Å²) in [5.74, 6) is 0. The van der Waals surface area contributed by atoms with E-state index in [9.17, 15) is 5.11 Å². The molecule has 0 saturated heterocycles. The molecule has 1 saturated carbocycles. The highest BCUT2D eigenvalue weighted by Crippen LogP contribution is 2.21. The van der Waals surface area contributed by atoms with Crippen LogP contribution >= 0.6 is 0 Å². The van der Waals surface area contributed by atoms with Gasteiger partial charge in [-0.15, -0.1) is 0 Å². The minimum absolute atomic E-state index is 0.320. The predicted molar refractivity (Wildman–Crippen MR) is 77.4 cm³/mol. The number of hydrogen-bond acceptors (Lipinski definition) is 4. The maximum Gasteiger partial charge on any atom is 0.101 e. The summed E-state index contributed by atoms with van der Waals surface area (Å²) in [4.78, 5) is 0. The summed E-state index contributed by atoms with van der Waals surface area (Å²) < 4.78 is 11.2. The fourth-order valence-electron chi connectivity index (χ4n) is 2.48. The monoisotopic (exact) mass is 273 g/mol. The summed E-state index contributed by atoms with van der Waals surface area (Å²) in [6.45, 7) is 6.87. The van der Waals surface area contributed by atoms with Crippen LogP contribution in [0.25, 0.3) is 0 Å². The van der Waals surface area contributed by atoms with E-state index in [0.717, 1.165) is 38.8 Å². The van der Waals surface area contributed by atoms with Crippen molar-refractivity contribution in [2.24, 2.45) is 0 Å². The SMILES string of the molecule is CCCCOCC(O)COC1CCC(NCC)CC1. The van der Waals surface area contributed by atoms with Crippen molar-refractivity contribution in [1.29, 1.82) is 0 Å². The van der Waals surface area contributed by atoms with Crippen LogP contribution in [0.5, 0.6) is 0 Å². The molecule has 0 heterocycles. The van der Waals surface area contributed by atoms with Crippen molar-refractivity contribution in [3.63, 3.8) is 0 Å². The normalized spacial score (nSPS) is 25.4. The van der Waals surface area contributed by atoms with E-state index in [-0.39, 0.29) is 0 Å². The standard InChI is InChI=1S/C15H31NO3/c1-3-5-10-18-11-14(17)12-19-15-8-6-13(7-9-15)16-4-2/h13-17H,3-12H2,1-2H3. The third-order valence-electron chi connectivity index (χ3n) is 3.64. The molecule has 0 aromatic heterocycles. The van der Waals surface area contributed by atoms with Crippen LogP contribution in [0.15, 0.2) is 0 Å². The van der Waals surface area contributed by atoms with Gasteiger partial charge in [0.05, 0.1) is 19.3 Å². The highest BCUT2D eigenvalue weighted by Gasteiger charge is 2.21. The van der Waals surface area contributed by atoms with Gasteiger partial charge in [0.1, 0.15) is 6.10 Å². The number of nitrogens with one attached hydrogen (secondary N) is 1. The Kier molecular flexibility index (Phi) is 9.43. The molecule has 1 aliphatic carbocycles. The quantitative estimate of drug-likeness (QED) is 0.599. The first-order chi connectivity index (χ1) is 9.26. The maximum atomic E-state index is 9.75. The van der Waals surface area contributed by atoms with Gasteiger partial charge in [0.25, 0.3) is 0 Å². The molecule has 2 N–H and O–H groups in total. The number of aliphatic hydroxyl groups is 1. The highest BCUT2D eigenvalue weighted by atomic mass is 16.5. The van der Waals surface area contributed by atoms with Crippen molar-refractivity contribution in [1.82, 2.24) is 5.32 Å². The van der Waals surface area contributed by atoms with Gasteiger partial charge in [-0.05, 0) is 38.6 Å². The molecule has 0 amide bonds. The Balaban J connectivity index is 2.00. The van der Waals surface area contributed by atoms with Gasteiger partial charge in [-0.3, -0.25) is 0 Å². The van der Waals surface area contributed by atoms with E-state index in [1.54, 1.807) is 0 Å². The second-order valence-corrected chi connectivity index (χ2v) is 5.45. The van der Waals surface area contributed by atoms with E-state index in [2.05, 4.69) is 19.2 Å². The first kappa shape index (κ1) is 16.9. The second kappa shape index (κ2) is 10.6. The smallest absolute Gasteiger partial charge is 0.101 e. The molecule has 0 bridgehead atoms. The van der Waals surface area contributed by atoms with E-state index in [1.165, 1.54) is 12.8 Å². The topological polar surface area (TPSA) is 50.7 Å². The number of hydrogen-bond donors (Lipinski definition) is 2. The third-order valence-corrected chi connectivity index (χ3v) is 3.64. The molecule has 0 aromatic carbocycles. The van der Waals surface area contributed by atoms with Gasteiger partial charge in [-0.2, -0.15) is 0 Å². The molecular weight excluding hydrogens is 242 g/mol. The highest BCUT2D eigenvalue weighted by molar-refractivity contribution is 4.77. The van der Waals surface area contributed by atoms with Gasteiger partial charge in [-0.1, -0.05) is 20.3 Å². The van der Waals surface area contributed by atoms with Crippen LogP contribution in [-0.2, 0) is 9.47 Å². The molecule has 0 radical (unpaired) electrons. The predicted octanol–water partition coefficient (Wildman–Crippen LogP) is 2.10. The minimum atomic E-state index is -0.483. The van der Waals surface area contributed by atoms with Gasteiger partial charge in [-0.25, -0.2) is 0 Å². The van der Waals surface area contributed by atoms with Crippen molar-refractivity contribution >= 4 is 0 Å². The van der Waals surface area contributed by atoms with E-state index >= 15 is 0 Å². The van der Waals surface area contributed by atoms with Crippen LogP contribution in [0.3, 0.4) is 0 Å². The molecule has 4 nitrogen and oxygen atoms in total. The van der Waals surface area contributed by atoms with Crippen LogP contribution in [0.4, 0.5) is 0 Å². The van der Waals surface area contributed by atoms with E-state index in [1.807, 2.05) is 0 Å². The summed E-state index contributed by atoms with van der Waals surface area (Å²) in [5, 5.41) is 13.2. The van der Waals surface area contributed by atoms with Crippen LogP contribution < -0.4 is 5.32 Å². The summed E-state index contributed by atoms with van der Waals surface area (Å²) in [6, 6.07) is 0.659. The van der Waals surface area contributed by atoms with Crippen LogP contribution in [0.1, 0.15) is 52.4 Å². The maximum absolute atomic E-state index is 9.75. The molecular formula is C15H31NO3. The number of rotatable bonds is 10. The van der Waals surface area contributed by atoms with Crippen molar-refractivity contribution in [3.8, 4) is 0 Å². The molecule has 0 spiro atoms. The zero-order valence-corrected chi connectivity index (χ0v) is 12.6. The summed E-state index contributed by atoms with van der Waals surface area (Å²) in [5.41, 5.74) is 0. The lowest BCUT2D eigenvalue weighted by molar-refractivity contribution is -0.0548. The molecule has 1 unspecified atom stereocenters. The van der Waals surface area contributed by atoms with Gasteiger partial charge >= 0.3 is 0 Å². The summed E-state index contributed by atoms with van der Waals surface area (Å²) >= 11 is 0. The molecule has 4 heteroatoms. The Morgan fingerprint density at radius 2 is 1.89 bits per heavy atom. The van der Waals surface area contributed by atoms with Crippen LogP contribution in [-0.4, -0.2) is 49.7 Å². The van der Waals surface area contributed by atoms with Gasteiger partial charge < -0.3 is 19.9 Å². The lowest BCUT2D eigenvalue weighted by atomic mass is 9.93. The fourth-order valence-corrected chi connectivity index (χ4v) is 2.48. The molecule has 0 aromatic rings. The van der Waals surface area contributed by atoms with E-state index < -0.39 is 6.10 Å². The first-order valence-electron chi connectivity index (χ1n) is 7.87. The number of ether oxygens (including phenoxy) is 2. The molecule has 19 heavy (non-hydrogen) atoms. The lowest BCUT2D eigenvalue weighted by Gasteiger charge is -2.29. The van der Waals surface area contributed by atoms with Crippen LogP contribution in [0, 0.1) is 0 Å². The molecule has 114 valence electrons. The molecule has 1 atom stereocenters. The van der Waals surface area contributed by atoms with Crippen molar-refractivity contribution in [2.45, 2.75) is 70.6 Å². The lowest BCUT2D eigenvalue weighted by Crippen LogP contribution is -2.36. The van der Waals surface area contributed by atoms with Crippen molar-refractivity contribution in [2.75, 3.05) is 26.4 Å². The minimum Gasteiger partial charge on any atom is -0.388 e.